The topological polar surface area (TPSA) is 46.2 Å². The van der Waals surface area contributed by atoms with Crippen molar-refractivity contribution in [1.82, 2.24) is 0 Å². The fourth-order valence-electron chi connectivity index (χ4n) is 2.17. The minimum Gasteiger partial charge on any atom is -0.279 e. The number of rotatable bonds is 3. The number of halogens is 2. The van der Waals surface area contributed by atoms with Gasteiger partial charge in [0.1, 0.15) is 5.82 Å². The molecule has 0 aromatic heterocycles. The van der Waals surface area contributed by atoms with Gasteiger partial charge in [-0.25, -0.2) is 12.8 Å². The van der Waals surface area contributed by atoms with Gasteiger partial charge >= 0.3 is 0 Å². The van der Waals surface area contributed by atoms with E-state index in [9.17, 15) is 12.8 Å². The van der Waals surface area contributed by atoms with Gasteiger partial charge in [-0.2, -0.15) is 0 Å². The summed E-state index contributed by atoms with van der Waals surface area (Å²) in [5, 5.41) is 1.68. The molecule has 0 aliphatic heterocycles. The van der Waals surface area contributed by atoms with Gasteiger partial charge in [0.2, 0.25) is 0 Å². The van der Waals surface area contributed by atoms with Crippen molar-refractivity contribution in [2.75, 3.05) is 4.72 Å². The SMILES string of the molecule is O=S(=O)(Nc1ccc(Br)c2ccccc12)c1ccc(F)cc1. The van der Waals surface area contributed by atoms with Crippen LogP contribution < -0.4 is 4.72 Å². The Hall–Kier alpha value is -1.92. The van der Waals surface area contributed by atoms with Crippen LogP contribution in [0.1, 0.15) is 0 Å². The van der Waals surface area contributed by atoms with E-state index >= 15 is 0 Å². The molecule has 3 aromatic rings. The monoisotopic (exact) mass is 379 g/mol. The number of anilines is 1. The summed E-state index contributed by atoms with van der Waals surface area (Å²) in [6.45, 7) is 0. The van der Waals surface area contributed by atoms with E-state index in [0.717, 1.165) is 27.4 Å². The zero-order valence-electron chi connectivity index (χ0n) is 11.3. The van der Waals surface area contributed by atoms with Crippen LogP contribution in [0.4, 0.5) is 10.1 Å². The molecule has 1 N–H and O–H groups in total. The number of benzene rings is 3. The quantitative estimate of drug-likeness (QED) is 0.725. The molecule has 0 saturated carbocycles. The predicted octanol–water partition coefficient (Wildman–Crippen LogP) is 4.54. The highest BCUT2D eigenvalue weighted by Gasteiger charge is 2.16. The number of sulfonamides is 1. The maximum absolute atomic E-state index is 12.9. The molecule has 3 aromatic carbocycles. The molecule has 0 bridgehead atoms. The number of nitrogens with one attached hydrogen (secondary N) is 1. The third-order valence-corrected chi connectivity index (χ3v) is 5.31. The smallest absolute Gasteiger partial charge is 0.261 e. The van der Waals surface area contributed by atoms with Gasteiger partial charge in [0.05, 0.1) is 10.6 Å². The summed E-state index contributed by atoms with van der Waals surface area (Å²) in [6.07, 6.45) is 0. The van der Waals surface area contributed by atoms with Crippen molar-refractivity contribution in [3.05, 3.63) is 71.0 Å². The van der Waals surface area contributed by atoms with E-state index < -0.39 is 15.8 Å². The first-order valence-electron chi connectivity index (χ1n) is 6.43. The first-order valence-corrected chi connectivity index (χ1v) is 8.71. The predicted molar refractivity (Wildman–Crippen MR) is 88.9 cm³/mol. The largest absolute Gasteiger partial charge is 0.279 e. The van der Waals surface area contributed by atoms with Gasteiger partial charge < -0.3 is 0 Å². The van der Waals surface area contributed by atoms with Crippen LogP contribution in [0.2, 0.25) is 0 Å². The lowest BCUT2D eigenvalue weighted by atomic mass is 10.1. The lowest BCUT2D eigenvalue weighted by molar-refractivity contribution is 0.599. The first kappa shape index (κ1) is 15.0. The van der Waals surface area contributed by atoms with Crippen LogP contribution >= 0.6 is 15.9 Å². The van der Waals surface area contributed by atoms with Gasteiger partial charge in [-0.3, -0.25) is 4.72 Å². The molecule has 3 nitrogen and oxygen atoms in total. The maximum Gasteiger partial charge on any atom is 0.261 e. The fourth-order valence-corrected chi connectivity index (χ4v) is 3.73. The fraction of sp³-hybridized carbons (Fsp3) is 0. The van der Waals surface area contributed by atoms with Crippen molar-refractivity contribution < 1.29 is 12.8 Å². The van der Waals surface area contributed by atoms with Crippen LogP contribution in [0, 0.1) is 5.82 Å². The zero-order valence-corrected chi connectivity index (χ0v) is 13.7. The normalized spacial score (nSPS) is 11.5. The summed E-state index contributed by atoms with van der Waals surface area (Å²) in [6, 6.07) is 15.6. The van der Waals surface area contributed by atoms with Crippen LogP contribution in [0.3, 0.4) is 0 Å². The van der Waals surface area contributed by atoms with E-state index in [1.54, 1.807) is 12.1 Å². The molecule has 0 spiro atoms. The van der Waals surface area contributed by atoms with E-state index in [0.29, 0.717) is 5.69 Å². The molecule has 0 fully saturated rings. The lowest BCUT2D eigenvalue weighted by Gasteiger charge is -2.11. The Kier molecular flexibility index (Phi) is 3.88. The van der Waals surface area contributed by atoms with Gasteiger partial charge in [-0.15, -0.1) is 0 Å². The average molecular weight is 380 g/mol. The third-order valence-electron chi connectivity index (χ3n) is 3.24. The molecule has 22 heavy (non-hydrogen) atoms. The molecule has 0 aliphatic rings. The summed E-state index contributed by atoms with van der Waals surface area (Å²) in [7, 11) is -3.77. The van der Waals surface area contributed by atoms with Gasteiger partial charge in [0.25, 0.3) is 10.0 Å². The molecule has 0 heterocycles. The van der Waals surface area contributed by atoms with Crippen LogP contribution in [0.5, 0.6) is 0 Å². The zero-order chi connectivity index (χ0) is 15.7. The minimum atomic E-state index is -3.77. The van der Waals surface area contributed by atoms with Crippen molar-refractivity contribution in [2.45, 2.75) is 4.90 Å². The number of fused-ring (bicyclic) bond motifs is 1. The molecule has 0 unspecified atom stereocenters. The Morgan fingerprint density at radius 2 is 1.50 bits per heavy atom. The molecule has 0 amide bonds. The minimum absolute atomic E-state index is 0.0147. The lowest BCUT2D eigenvalue weighted by Crippen LogP contribution is -2.13. The molecule has 0 saturated heterocycles. The summed E-state index contributed by atoms with van der Waals surface area (Å²) in [5.41, 5.74) is 0.475. The summed E-state index contributed by atoms with van der Waals surface area (Å²) in [4.78, 5) is 0.0147. The van der Waals surface area contributed by atoms with E-state index in [1.807, 2.05) is 24.3 Å². The Balaban J connectivity index is 2.06. The molecule has 6 heteroatoms. The highest BCUT2D eigenvalue weighted by Crippen LogP contribution is 2.31. The molecule has 0 radical (unpaired) electrons. The highest BCUT2D eigenvalue weighted by molar-refractivity contribution is 9.10. The Morgan fingerprint density at radius 3 is 2.18 bits per heavy atom. The van der Waals surface area contributed by atoms with Crippen LogP contribution in [-0.4, -0.2) is 8.42 Å². The molecular formula is C16H11BrFNO2S. The molecule has 0 atom stereocenters. The standard InChI is InChI=1S/C16H11BrFNO2S/c17-15-9-10-16(14-4-2-1-3-13(14)15)19-22(20,21)12-7-5-11(18)6-8-12/h1-10,19H. The van der Waals surface area contributed by atoms with Gasteiger partial charge in [-0.1, -0.05) is 40.2 Å². The van der Waals surface area contributed by atoms with Gasteiger partial charge in [-0.05, 0) is 41.8 Å². The van der Waals surface area contributed by atoms with Crippen molar-refractivity contribution in [3.63, 3.8) is 0 Å². The Bertz CT molecular complexity index is 940. The molecular weight excluding hydrogens is 369 g/mol. The second-order valence-corrected chi connectivity index (χ2v) is 7.24. The number of hydrogen-bond acceptors (Lipinski definition) is 2. The Morgan fingerprint density at radius 1 is 0.864 bits per heavy atom. The first-order chi connectivity index (χ1) is 10.5. The van der Waals surface area contributed by atoms with Crippen molar-refractivity contribution >= 4 is 42.4 Å². The van der Waals surface area contributed by atoms with Gasteiger partial charge in [0.15, 0.2) is 0 Å². The summed E-state index contributed by atoms with van der Waals surface area (Å²) < 4.78 is 41.2. The highest BCUT2D eigenvalue weighted by atomic mass is 79.9. The van der Waals surface area contributed by atoms with E-state index in [1.165, 1.54) is 12.1 Å². The summed E-state index contributed by atoms with van der Waals surface area (Å²) >= 11 is 3.44. The van der Waals surface area contributed by atoms with Crippen LogP contribution in [-0.2, 0) is 10.0 Å². The Labute approximate surface area is 136 Å². The van der Waals surface area contributed by atoms with Crippen LogP contribution in [0.25, 0.3) is 10.8 Å². The third kappa shape index (κ3) is 2.84. The summed E-state index contributed by atoms with van der Waals surface area (Å²) in [5.74, 6) is -0.479. The van der Waals surface area contributed by atoms with Gasteiger partial charge in [0, 0.05) is 9.86 Å². The molecule has 112 valence electrons. The average Bonchev–Trinajstić information content (AvgIpc) is 2.51. The second-order valence-electron chi connectivity index (χ2n) is 4.70. The van der Waals surface area contributed by atoms with Crippen molar-refractivity contribution in [2.24, 2.45) is 0 Å². The number of hydrogen-bond donors (Lipinski definition) is 1. The van der Waals surface area contributed by atoms with Crippen molar-refractivity contribution in [3.8, 4) is 0 Å². The van der Waals surface area contributed by atoms with Crippen molar-refractivity contribution in [1.29, 1.82) is 0 Å². The van der Waals surface area contributed by atoms with Crippen LogP contribution in [0.15, 0.2) is 70.0 Å². The molecule has 3 rings (SSSR count). The second kappa shape index (κ2) is 5.70. The van der Waals surface area contributed by atoms with E-state index in [4.69, 9.17) is 0 Å². The molecule has 0 aliphatic carbocycles. The maximum atomic E-state index is 12.9. The van der Waals surface area contributed by atoms with E-state index in [-0.39, 0.29) is 4.90 Å². The van der Waals surface area contributed by atoms with E-state index in [2.05, 4.69) is 20.7 Å².